The van der Waals surface area contributed by atoms with Crippen molar-refractivity contribution in [2.24, 2.45) is 0 Å². The highest BCUT2D eigenvalue weighted by atomic mass is 19.1. The second kappa shape index (κ2) is 4.97. The molecule has 1 aromatic heterocycles. The molecule has 0 aliphatic heterocycles. The Bertz CT molecular complexity index is 559. The van der Waals surface area contributed by atoms with Crippen LogP contribution >= 0.6 is 0 Å². The summed E-state index contributed by atoms with van der Waals surface area (Å²) in [6.07, 6.45) is 0.631. The lowest BCUT2D eigenvalue weighted by Crippen LogP contribution is -2.24. The topological polar surface area (TPSA) is 68.4 Å². The van der Waals surface area contributed by atoms with E-state index in [-0.39, 0.29) is 17.2 Å². The number of nitrogens with zero attached hydrogens (tertiary/aromatic N) is 2. The molecule has 0 bridgehead atoms. The van der Waals surface area contributed by atoms with Crippen molar-refractivity contribution in [2.45, 2.75) is 25.9 Å². The third-order valence-corrected chi connectivity index (χ3v) is 3.23. The monoisotopic (exact) mass is 266 g/mol. The maximum absolute atomic E-state index is 13.7. The first-order chi connectivity index (χ1) is 9.01. The summed E-state index contributed by atoms with van der Waals surface area (Å²) in [5.74, 6) is -0.617. The quantitative estimate of drug-likeness (QED) is 0.921. The first-order valence-corrected chi connectivity index (χ1v) is 5.89. The lowest BCUT2D eigenvalue weighted by molar-refractivity contribution is -0.0106. The van der Waals surface area contributed by atoms with Crippen LogP contribution in [0.1, 0.15) is 26.1 Å². The normalized spacial score (nSPS) is 14.3. The van der Waals surface area contributed by atoms with Gasteiger partial charge >= 0.3 is 0 Å². The molecule has 102 valence electrons. The van der Waals surface area contributed by atoms with Crippen LogP contribution in [-0.4, -0.2) is 22.4 Å². The van der Waals surface area contributed by atoms with Crippen molar-refractivity contribution in [1.82, 2.24) is 10.1 Å². The van der Waals surface area contributed by atoms with Crippen molar-refractivity contribution < 1.29 is 18.8 Å². The lowest BCUT2D eigenvalue weighted by Gasteiger charge is -2.21. The number of halogens is 1. The minimum Gasteiger partial charge on any atom is -0.507 e. The Hall–Kier alpha value is -1.95. The number of benzene rings is 1. The van der Waals surface area contributed by atoms with Crippen molar-refractivity contribution >= 4 is 0 Å². The zero-order chi connectivity index (χ0) is 14.0. The third kappa shape index (κ3) is 2.31. The molecule has 0 aliphatic rings. The smallest absolute Gasteiger partial charge is 0.264 e. The molecule has 19 heavy (non-hydrogen) atoms. The van der Waals surface area contributed by atoms with E-state index in [9.17, 15) is 9.50 Å². The fourth-order valence-corrected chi connectivity index (χ4v) is 1.66. The van der Waals surface area contributed by atoms with Crippen LogP contribution in [0.25, 0.3) is 11.5 Å². The van der Waals surface area contributed by atoms with E-state index in [2.05, 4.69) is 10.1 Å². The van der Waals surface area contributed by atoms with Crippen molar-refractivity contribution in [2.75, 3.05) is 7.11 Å². The minimum atomic E-state index is -0.706. The van der Waals surface area contributed by atoms with Gasteiger partial charge in [0, 0.05) is 7.11 Å². The molecule has 1 aromatic carbocycles. The molecule has 0 spiro atoms. The van der Waals surface area contributed by atoms with Crippen LogP contribution in [0.15, 0.2) is 22.7 Å². The number of ether oxygens (including phenoxy) is 1. The second-order valence-electron chi connectivity index (χ2n) is 4.35. The van der Waals surface area contributed by atoms with Gasteiger partial charge in [-0.3, -0.25) is 0 Å². The predicted molar refractivity (Wildman–Crippen MR) is 66.0 cm³/mol. The van der Waals surface area contributed by atoms with E-state index < -0.39 is 11.4 Å². The number of aromatic hydroxyl groups is 1. The van der Waals surface area contributed by atoms with Gasteiger partial charge in [0.1, 0.15) is 22.7 Å². The van der Waals surface area contributed by atoms with E-state index in [0.717, 1.165) is 0 Å². The van der Waals surface area contributed by atoms with E-state index in [4.69, 9.17) is 9.26 Å². The van der Waals surface area contributed by atoms with Crippen molar-refractivity contribution in [3.8, 4) is 17.2 Å². The third-order valence-electron chi connectivity index (χ3n) is 3.23. The summed E-state index contributed by atoms with van der Waals surface area (Å²) in [4.78, 5) is 4.11. The SMILES string of the molecule is CCC(C)(OC)c1noc(-c2c(O)cccc2F)n1. The van der Waals surface area contributed by atoms with Gasteiger partial charge in [-0.05, 0) is 25.5 Å². The molecule has 1 atom stereocenters. The Balaban J connectivity index is 2.47. The van der Waals surface area contributed by atoms with Crippen LogP contribution in [0.3, 0.4) is 0 Å². The average molecular weight is 266 g/mol. The van der Waals surface area contributed by atoms with Gasteiger partial charge < -0.3 is 14.4 Å². The van der Waals surface area contributed by atoms with Crippen LogP contribution in [0.5, 0.6) is 5.75 Å². The summed E-state index contributed by atoms with van der Waals surface area (Å²) >= 11 is 0. The molecule has 0 fully saturated rings. The Kier molecular flexibility index (Phi) is 3.53. The molecule has 1 heterocycles. The van der Waals surface area contributed by atoms with Gasteiger partial charge in [-0.2, -0.15) is 4.98 Å². The van der Waals surface area contributed by atoms with Crippen LogP contribution in [0, 0.1) is 5.82 Å². The molecule has 6 heteroatoms. The van der Waals surface area contributed by atoms with Gasteiger partial charge in [0.15, 0.2) is 0 Å². The first kappa shape index (κ1) is 13.5. The van der Waals surface area contributed by atoms with E-state index in [1.165, 1.54) is 18.2 Å². The zero-order valence-electron chi connectivity index (χ0n) is 11.0. The highest BCUT2D eigenvalue weighted by molar-refractivity contribution is 5.62. The largest absolute Gasteiger partial charge is 0.507 e. The van der Waals surface area contributed by atoms with E-state index in [0.29, 0.717) is 12.2 Å². The fraction of sp³-hybridized carbons (Fsp3) is 0.385. The number of rotatable bonds is 4. The van der Waals surface area contributed by atoms with Crippen molar-refractivity contribution in [3.05, 3.63) is 29.8 Å². The van der Waals surface area contributed by atoms with Crippen LogP contribution in [0.4, 0.5) is 4.39 Å². The standard InChI is InChI=1S/C13H15FN2O3/c1-4-13(2,18-3)12-15-11(19-16-12)10-8(14)6-5-7-9(10)17/h5-7,17H,4H2,1-3H3. The maximum atomic E-state index is 13.7. The molecule has 0 radical (unpaired) electrons. The number of hydrogen-bond donors (Lipinski definition) is 1. The van der Waals surface area contributed by atoms with Gasteiger partial charge in [0.25, 0.3) is 5.89 Å². The van der Waals surface area contributed by atoms with Crippen molar-refractivity contribution in [1.29, 1.82) is 0 Å². The molecular formula is C13H15FN2O3. The maximum Gasteiger partial charge on any atom is 0.264 e. The number of phenolic OH excluding ortho intramolecular Hbond substituents is 1. The molecule has 2 aromatic rings. The average Bonchev–Trinajstić information content (AvgIpc) is 2.87. The number of methoxy groups -OCH3 is 1. The molecule has 0 aliphatic carbocycles. The van der Waals surface area contributed by atoms with E-state index >= 15 is 0 Å². The van der Waals surface area contributed by atoms with Crippen LogP contribution in [0.2, 0.25) is 0 Å². The highest BCUT2D eigenvalue weighted by Gasteiger charge is 2.31. The lowest BCUT2D eigenvalue weighted by atomic mass is 10.0. The molecule has 1 unspecified atom stereocenters. The molecule has 2 rings (SSSR count). The summed E-state index contributed by atoms with van der Waals surface area (Å²) in [7, 11) is 1.54. The fourth-order valence-electron chi connectivity index (χ4n) is 1.66. The van der Waals surface area contributed by atoms with Crippen LogP contribution in [-0.2, 0) is 10.3 Å². The summed E-state index contributed by atoms with van der Waals surface area (Å²) in [6.45, 7) is 3.73. The summed E-state index contributed by atoms with van der Waals surface area (Å²) in [5, 5.41) is 13.5. The summed E-state index contributed by atoms with van der Waals surface area (Å²) in [6, 6.07) is 3.97. The zero-order valence-corrected chi connectivity index (χ0v) is 11.0. The Morgan fingerprint density at radius 1 is 1.47 bits per heavy atom. The van der Waals surface area contributed by atoms with Gasteiger partial charge in [0.05, 0.1) is 0 Å². The molecule has 0 saturated heterocycles. The Morgan fingerprint density at radius 3 is 2.79 bits per heavy atom. The first-order valence-electron chi connectivity index (χ1n) is 5.89. The van der Waals surface area contributed by atoms with Gasteiger partial charge in [-0.1, -0.05) is 18.1 Å². The van der Waals surface area contributed by atoms with Gasteiger partial charge in [-0.15, -0.1) is 0 Å². The predicted octanol–water partition coefficient (Wildman–Crippen LogP) is 2.85. The molecule has 0 saturated carbocycles. The molecule has 1 N–H and O–H groups in total. The van der Waals surface area contributed by atoms with E-state index in [1.54, 1.807) is 7.11 Å². The molecule has 0 amide bonds. The Labute approximate surface area is 110 Å². The Morgan fingerprint density at radius 2 is 2.21 bits per heavy atom. The second-order valence-corrected chi connectivity index (χ2v) is 4.35. The summed E-state index contributed by atoms with van der Waals surface area (Å²) < 4.78 is 24.0. The van der Waals surface area contributed by atoms with Crippen molar-refractivity contribution in [3.63, 3.8) is 0 Å². The molecular weight excluding hydrogens is 251 g/mol. The number of phenols is 1. The van der Waals surface area contributed by atoms with Crippen LogP contribution < -0.4 is 0 Å². The van der Waals surface area contributed by atoms with Gasteiger partial charge in [0.2, 0.25) is 5.82 Å². The minimum absolute atomic E-state index is 0.0673. The molecule has 5 nitrogen and oxygen atoms in total. The summed E-state index contributed by atoms with van der Waals surface area (Å²) in [5.41, 5.74) is -0.807. The number of hydrogen-bond acceptors (Lipinski definition) is 5. The van der Waals surface area contributed by atoms with E-state index in [1.807, 2.05) is 13.8 Å². The number of aromatic nitrogens is 2. The highest BCUT2D eigenvalue weighted by Crippen LogP contribution is 2.33. The van der Waals surface area contributed by atoms with Gasteiger partial charge in [-0.25, -0.2) is 4.39 Å².